The van der Waals surface area contributed by atoms with E-state index in [0.717, 1.165) is 4.90 Å². The molecule has 4 aromatic rings. The highest BCUT2D eigenvalue weighted by Gasteiger charge is 2.40. The van der Waals surface area contributed by atoms with Crippen LogP contribution in [-0.4, -0.2) is 49.7 Å². The summed E-state index contributed by atoms with van der Waals surface area (Å²) in [5, 5.41) is 4.95. The normalized spacial score (nSPS) is 14.5. The molecule has 240 valence electrons. The fourth-order valence-electron chi connectivity index (χ4n) is 4.84. The molecule has 1 fully saturated rings. The Bertz CT molecular complexity index is 1790. The molecule has 0 radical (unpaired) electrons. The number of nitrogens with one attached hydrogen (secondary N) is 2. The molecule has 0 bridgehead atoms. The number of rotatable bonds is 12. The van der Waals surface area contributed by atoms with Crippen LogP contribution in [0.3, 0.4) is 0 Å². The van der Waals surface area contributed by atoms with Crippen molar-refractivity contribution in [1.82, 2.24) is 5.32 Å². The van der Waals surface area contributed by atoms with Crippen LogP contribution in [-0.2, 0) is 14.4 Å². The van der Waals surface area contributed by atoms with Crippen LogP contribution in [0.1, 0.15) is 29.3 Å². The highest BCUT2D eigenvalue weighted by Crippen LogP contribution is 2.35. The number of methoxy groups -OCH3 is 2. The molecular formula is C36H33N3O7S. The maximum absolute atomic E-state index is 13.5. The number of imide groups is 1. The van der Waals surface area contributed by atoms with Crippen LogP contribution in [0.5, 0.6) is 17.2 Å². The lowest BCUT2D eigenvalue weighted by Gasteiger charge is -2.15. The third-order valence-corrected chi connectivity index (χ3v) is 8.37. The van der Waals surface area contributed by atoms with Crippen LogP contribution in [0, 0.1) is 0 Å². The molecule has 0 aromatic heterocycles. The average molecular weight is 652 g/mol. The van der Waals surface area contributed by atoms with E-state index in [1.165, 1.54) is 37.0 Å². The lowest BCUT2D eigenvalue weighted by molar-refractivity contribution is -0.121. The van der Waals surface area contributed by atoms with E-state index < -0.39 is 17.1 Å². The molecule has 0 spiro atoms. The van der Waals surface area contributed by atoms with Crippen molar-refractivity contribution in [3.8, 4) is 17.2 Å². The quantitative estimate of drug-likeness (QED) is 0.143. The van der Waals surface area contributed by atoms with Gasteiger partial charge in [0, 0.05) is 34.2 Å². The van der Waals surface area contributed by atoms with Crippen LogP contribution in [0.4, 0.5) is 11.4 Å². The average Bonchev–Trinajstić information content (AvgIpc) is 3.37. The Morgan fingerprint density at radius 1 is 0.894 bits per heavy atom. The van der Waals surface area contributed by atoms with E-state index >= 15 is 0 Å². The highest BCUT2D eigenvalue weighted by molar-refractivity contribution is 8.00. The Hall–Kier alpha value is -5.55. The summed E-state index contributed by atoms with van der Waals surface area (Å²) in [6, 6.07) is 27.4. The third-order valence-electron chi connectivity index (χ3n) is 7.17. The van der Waals surface area contributed by atoms with E-state index in [1.54, 1.807) is 97.1 Å². The molecule has 2 N–H and O–H groups in total. The molecule has 0 saturated carbocycles. The van der Waals surface area contributed by atoms with E-state index in [9.17, 15) is 19.2 Å². The Kier molecular flexibility index (Phi) is 10.6. The summed E-state index contributed by atoms with van der Waals surface area (Å²) in [5.41, 5.74) is 1.89. The van der Waals surface area contributed by atoms with Crippen molar-refractivity contribution in [2.24, 2.45) is 0 Å². The molecule has 1 saturated heterocycles. The lowest BCUT2D eigenvalue weighted by atomic mass is 10.1. The standard InChI is InChI=1S/C36H33N3O7S/c1-4-46-27-16-13-26(14-17-27)39-33(40)22-32(36(39)43)47-29-18-11-25(12-19-29)37-35(42)30(38-34(41)23-8-6-5-7-9-23)20-24-10-15-28(44-2)21-31(24)45-3/h5-21,32H,4,22H2,1-3H3,(H,37,42)(H,38,41)/b30-20-. The minimum Gasteiger partial charge on any atom is -0.497 e. The molecule has 11 heteroatoms. The maximum atomic E-state index is 13.5. The van der Waals surface area contributed by atoms with Gasteiger partial charge in [0.15, 0.2) is 0 Å². The number of amides is 4. The van der Waals surface area contributed by atoms with Gasteiger partial charge in [-0.05, 0) is 85.8 Å². The smallest absolute Gasteiger partial charge is 0.272 e. The zero-order valence-corrected chi connectivity index (χ0v) is 26.8. The number of hydrogen-bond acceptors (Lipinski definition) is 8. The van der Waals surface area contributed by atoms with Crippen molar-refractivity contribution in [2.45, 2.75) is 23.5 Å². The second-order valence-electron chi connectivity index (χ2n) is 10.3. The number of nitrogens with zero attached hydrogens (tertiary/aromatic N) is 1. The molecule has 0 aliphatic carbocycles. The molecule has 1 heterocycles. The van der Waals surface area contributed by atoms with Crippen molar-refractivity contribution in [1.29, 1.82) is 0 Å². The molecule has 4 amide bonds. The summed E-state index contributed by atoms with van der Waals surface area (Å²) in [6.45, 7) is 2.40. The van der Waals surface area contributed by atoms with Crippen LogP contribution in [0.2, 0.25) is 0 Å². The first-order valence-electron chi connectivity index (χ1n) is 14.8. The minimum absolute atomic E-state index is 0.00906. The summed E-state index contributed by atoms with van der Waals surface area (Å²) in [4.78, 5) is 54.4. The molecule has 47 heavy (non-hydrogen) atoms. The zero-order chi connectivity index (χ0) is 33.3. The van der Waals surface area contributed by atoms with Gasteiger partial charge in [0.25, 0.3) is 11.8 Å². The molecule has 1 atom stereocenters. The van der Waals surface area contributed by atoms with Crippen molar-refractivity contribution < 1.29 is 33.4 Å². The van der Waals surface area contributed by atoms with E-state index in [0.29, 0.717) is 46.4 Å². The largest absolute Gasteiger partial charge is 0.497 e. The van der Waals surface area contributed by atoms with Crippen LogP contribution >= 0.6 is 11.8 Å². The van der Waals surface area contributed by atoms with Crippen molar-refractivity contribution >= 4 is 52.8 Å². The minimum atomic E-state index is -0.586. The number of carbonyl (C=O) groups excluding carboxylic acids is 4. The van der Waals surface area contributed by atoms with Gasteiger partial charge in [-0.15, -0.1) is 11.8 Å². The van der Waals surface area contributed by atoms with Gasteiger partial charge in [-0.2, -0.15) is 0 Å². The molecular weight excluding hydrogens is 618 g/mol. The van der Waals surface area contributed by atoms with Gasteiger partial charge >= 0.3 is 0 Å². The first-order valence-corrected chi connectivity index (χ1v) is 15.7. The van der Waals surface area contributed by atoms with Gasteiger partial charge in [-0.1, -0.05) is 18.2 Å². The number of carbonyl (C=O) groups is 4. The van der Waals surface area contributed by atoms with Crippen molar-refractivity contribution in [2.75, 3.05) is 31.0 Å². The summed E-state index contributed by atoms with van der Waals surface area (Å²) in [6.07, 6.45) is 1.59. The predicted octanol–water partition coefficient (Wildman–Crippen LogP) is 5.94. The Balaban J connectivity index is 1.29. The molecule has 5 rings (SSSR count). The predicted molar refractivity (Wildman–Crippen MR) is 181 cm³/mol. The summed E-state index contributed by atoms with van der Waals surface area (Å²) in [5.74, 6) is 0.103. The van der Waals surface area contributed by atoms with Gasteiger partial charge in [0.05, 0.1) is 31.8 Å². The Morgan fingerprint density at radius 2 is 1.60 bits per heavy atom. The van der Waals surface area contributed by atoms with E-state index in [4.69, 9.17) is 14.2 Å². The van der Waals surface area contributed by atoms with Crippen LogP contribution in [0.15, 0.2) is 108 Å². The maximum Gasteiger partial charge on any atom is 0.272 e. The molecule has 1 aliphatic rings. The number of thioether (sulfide) groups is 1. The van der Waals surface area contributed by atoms with Gasteiger partial charge in [0.1, 0.15) is 22.9 Å². The van der Waals surface area contributed by atoms with Crippen molar-refractivity contribution in [3.05, 3.63) is 114 Å². The lowest BCUT2D eigenvalue weighted by Crippen LogP contribution is -2.31. The number of ether oxygens (including phenoxy) is 3. The van der Waals surface area contributed by atoms with E-state index in [-0.39, 0.29) is 23.9 Å². The first-order chi connectivity index (χ1) is 22.8. The Morgan fingerprint density at radius 3 is 2.26 bits per heavy atom. The summed E-state index contributed by atoms with van der Waals surface area (Å²) < 4.78 is 16.2. The van der Waals surface area contributed by atoms with Crippen LogP contribution < -0.4 is 29.7 Å². The topological polar surface area (TPSA) is 123 Å². The van der Waals surface area contributed by atoms with Gasteiger partial charge < -0.3 is 24.8 Å². The number of anilines is 2. The van der Waals surface area contributed by atoms with Gasteiger partial charge in [-0.3, -0.25) is 19.2 Å². The second kappa shape index (κ2) is 15.2. The molecule has 1 aliphatic heterocycles. The second-order valence-corrected chi connectivity index (χ2v) is 11.5. The molecule has 4 aromatic carbocycles. The third kappa shape index (κ3) is 8.00. The van der Waals surface area contributed by atoms with Gasteiger partial charge in [-0.25, -0.2) is 4.90 Å². The SMILES string of the molecule is CCOc1ccc(N2C(=O)CC(Sc3ccc(NC(=O)/C(=C/c4ccc(OC)cc4OC)NC(=O)c4ccccc4)cc3)C2=O)cc1. The summed E-state index contributed by atoms with van der Waals surface area (Å²) >= 11 is 1.28. The first kappa shape index (κ1) is 32.8. The fourth-order valence-corrected chi connectivity index (χ4v) is 5.89. The fraction of sp³-hybridized carbons (Fsp3) is 0.167. The highest BCUT2D eigenvalue weighted by atomic mass is 32.2. The molecule has 10 nitrogen and oxygen atoms in total. The summed E-state index contributed by atoms with van der Waals surface area (Å²) in [7, 11) is 3.04. The Labute approximate surface area is 276 Å². The van der Waals surface area contributed by atoms with E-state index in [1.807, 2.05) is 6.92 Å². The van der Waals surface area contributed by atoms with Gasteiger partial charge in [0.2, 0.25) is 11.8 Å². The van der Waals surface area contributed by atoms with Crippen molar-refractivity contribution in [3.63, 3.8) is 0 Å². The number of hydrogen-bond donors (Lipinski definition) is 2. The number of benzene rings is 4. The van der Waals surface area contributed by atoms with Crippen LogP contribution in [0.25, 0.3) is 6.08 Å². The van der Waals surface area contributed by atoms with E-state index in [2.05, 4.69) is 10.6 Å². The molecule has 1 unspecified atom stereocenters. The monoisotopic (exact) mass is 651 g/mol. The zero-order valence-electron chi connectivity index (χ0n) is 26.0.